The van der Waals surface area contributed by atoms with Gasteiger partial charge in [-0.25, -0.2) is 4.79 Å². The maximum absolute atomic E-state index is 12.5. The van der Waals surface area contributed by atoms with Gasteiger partial charge in [-0.1, -0.05) is 28.1 Å². The van der Waals surface area contributed by atoms with Crippen molar-refractivity contribution in [1.29, 1.82) is 0 Å². The normalized spacial score (nSPS) is 15.9. The number of benzene rings is 1. The highest BCUT2D eigenvalue weighted by molar-refractivity contribution is 9.10. The number of halogens is 1. The average Bonchev–Trinajstić information content (AvgIpc) is 2.69. The lowest BCUT2D eigenvalue weighted by atomic mass is 10.0. The number of anilines is 1. The van der Waals surface area contributed by atoms with Gasteiger partial charge in [0.25, 0.3) is 5.91 Å². The molecule has 1 aliphatic heterocycles. The Balaban J connectivity index is 1.47. The second-order valence-electron chi connectivity index (χ2n) is 6.24. The van der Waals surface area contributed by atoms with Gasteiger partial charge in [0, 0.05) is 48.5 Å². The fourth-order valence-electron chi connectivity index (χ4n) is 2.89. The molecule has 2 aromatic rings. The summed E-state index contributed by atoms with van der Waals surface area (Å²) in [6.45, 7) is 0.860. The molecule has 2 heterocycles. The molecule has 3 rings (SSSR count). The van der Waals surface area contributed by atoms with Gasteiger partial charge in [-0.05, 0) is 29.8 Å². The van der Waals surface area contributed by atoms with Gasteiger partial charge in [-0.3, -0.25) is 15.1 Å². The molecule has 7 nitrogen and oxygen atoms in total. The minimum absolute atomic E-state index is 0.263. The quantitative estimate of drug-likeness (QED) is 0.772. The molecule has 2 amide bonds. The van der Waals surface area contributed by atoms with Gasteiger partial charge in [0.1, 0.15) is 6.10 Å². The molecule has 1 unspecified atom stereocenters. The van der Waals surface area contributed by atoms with Crippen LogP contribution in [-0.2, 0) is 9.53 Å². The maximum atomic E-state index is 12.5. The molecule has 1 aromatic heterocycles. The van der Waals surface area contributed by atoms with Gasteiger partial charge < -0.3 is 14.7 Å². The number of aromatic nitrogens is 1. The number of hydrogen-bond acceptors (Lipinski definition) is 5. The van der Waals surface area contributed by atoms with Crippen molar-refractivity contribution < 1.29 is 19.4 Å². The summed E-state index contributed by atoms with van der Waals surface area (Å²) < 4.78 is 6.29. The van der Waals surface area contributed by atoms with Crippen LogP contribution in [0.4, 0.5) is 10.5 Å². The minimum Gasteiger partial charge on any atom is -0.446 e. The second kappa shape index (κ2) is 8.96. The molecule has 1 aliphatic rings. The number of aliphatic hydroxyl groups excluding tert-OH is 1. The Morgan fingerprint density at radius 3 is 2.41 bits per heavy atom. The van der Waals surface area contributed by atoms with Crippen LogP contribution in [0.3, 0.4) is 0 Å². The van der Waals surface area contributed by atoms with Crippen molar-refractivity contribution >= 4 is 33.6 Å². The number of amides is 2. The van der Waals surface area contributed by atoms with Crippen LogP contribution in [0.15, 0.2) is 53.3 Å². The highest BCUT2D eigenvalue weighted by Gasteiger charge is 2.29. The molecule has 0 saturated carbocycles. The molecule has 8 heteroatoms. The van der Waals surface area contributed by atoms with Crippen LogP contribution in [0.2, 0.25) is 0 Å². The van der Waals surface area contributed by atoms with Crippen LogP contribution < -0.4 is 5.32 Å². The number of nitrogens with one attached hydrogen (secondary N) is 1. The highest BCUT2D eigenvalue weighted by Crippen LogP contribution is 2.22. The standard InChI is InChI=1S/C19H20BrN3O4/c20-14-3-1-13(2-4-14)17(24)18(25)23-11-7-16(8-12-23)27-19(26)22-15-5-9-21-10-6-15/h1-6,9-10,16-17,24H,7-8,11-12H2,(H,21,22,26). The number of ether oxygens (including phenoxy) is 1. The molecular formula is C19H20BrN3O4. The predicted molar refractivity (Wildman–Crippen MR) is 103 cm³/mol. The number of carbonyl (C=O) groups is 2. The first-order chi connectivity index (χ1) is 13.0. The third-order valence-corrected chi connectivity index (χ3v) is 4.90. The lowest BCUT2D eigenvalue weighted by Gasteiger charge is -2.33. The Morgan fingerprint density at radius 1 is 1.15 bits per heavy atom. The van der Waals surface area contributed by atoms with E-state index in [0.29, 0.717) is 37.2 Å². The molecule has 1 aromatic carbocycles. The molecule has 1 fully saturated rings. The van der Waals surface area contributed by atoms with Crippen molar-refractivity contribution in [2.45, 2.75) is 25.0 Å². The number of nitrogens with zero attached hydrogens (tertiary/aromatic N) is 2. The van der Waals surface area contributed by atoms with Gasteiger partial charge >= 0.3 is 6.09 Å². The van der Waals surface area contributed by atoms with Crippen LogP contribution in [0.5, 0.6) is 0 Å². The molecule has 0 bridgehead atoms. The van der Waals surface area contributed by atoms with E-state index in [2.05, 4.69) is 26.2 Å². The van der Waals surface area contributed by atoms with E-state index in [0.717, 1.165) is 4.47 Å². The van der Waals surface area contributed by atoms with Crippen LogP contribution >= 0.6 is 15.9 Å². The third-order valence-electron chi connectivity index (χ3n) is 4.37. The summed E-state index contributed by atoms with van der Waals surface area (Å²) in [6, 6.07) is 10.3. The number of likely N-dealkylation sites (tertiary alicyclic amines) is 1. The van der Waals surface area contributed by atoms with Crippen molar-refractivity contribution in [2.75, 3.05) is 18.4 Å². The molecule has 1 atom stereocenters. The van der Waals surface area contributed by atoms with Crippen LogP contribution in [-0.4, -0.2) is 46.2 Å². The zero-order valence-electron chi connectivity index (χ0n) is 14.5. The van der Waals surface area contributed by atoms with E-state index in [1.807, 2.05) is 0 Å². The Hall–Kier alpha value is -2.45. The monoisotopic (exact) mass is 433 g/mol. The first-order valence-electron chi connectivity index (χ1n) is 8.63. The summed E-state index contributed by atoms with van der Waals surface area (Å²) >= 11 is 3.33. The van der Waals surface area contributed by atoms with Crippen molar-refractivity contribution in [3.63, 3.8) is 0 Å². The Labute approximate surface area is 165 Å². The fourth-order valence-corrected chi connectivity index (χ4v) is 3.15. The zero-order chi connectivity index (χ0) is 19.2. The van der Waals surface area contributed by atoms with Gasteiger partial charge in [-0.15, -0.1) is 0 Å². The topological polar surface area (TPSA) is 91.8 Å². The minimum atomic E-state index is -1.19. The van der Waals surface area contributed by atoms with Crippen molar-refractivity contribution in [3.8, 4) is 0 Å². The number of carbonyl (C=O) groups excluding carboxylic acids is 2. The second-order valence-corrected chi connectivity index (χ2v) is 7.16. The SMILES string of the molecule is O=C(Nc1ccncc1)OC1CCN(C(=O)C(O)c2ccc(Br)cc2)CC1. The van der Waals surface area contributed by atoms with Crippen LogP contribution in [0.1, 0.15) is 24.5 Å². The largest absolute Gasteiger partial charge is 0.446 e. The fraction of sp³-hybridized carbons (Fsp3) is 0.316. The van der Waals surface area contributed by atoms with Gasteiger partial charge in [0.05, 0.1) is 0 Å². The van der Waals surface area contributed by atoms with E-state index in [-0.39, 0.29) is 12.0 Å². The molecule has 0 radical (unpaired) electrons. The Kier molecular flexibility index (Phi) is 6.41. The van der Waals surface area contributed by atoms with Gasteiger partial charge in [0.15, 0.2) is 6.10 Å². The first kappa shape index (κ1) is 19.3. The summed E-state index contributed by atoms with van der Waals surface area (Å²) in [6.07, 6.45) is 2.24. The molecular weight excluding hydrogens is 414 g/mol. The van der Waals surface area contributed by atoms with Crippen molar-refractivity contribution in [2.24, 2.45) is 0 Å². The highest BCUT2D eigenvalue weighted by atomic mass is 79.9. The average molecular weight is 434 g/mol. The summed E-state index contributed by atoms with van der Waals surface area (Å²) in [4.78, 5) is 29.9. The molecule has 0 aliphatic carbocycles. The van der Waals surface area contributed by atoms with Crippen molar-refractivity contribution in [1.82, 2.24) is 9.88 Å². The number of rotatable bonds is 4. The lowest BCUT2D eigenvalue weighted by Crippen LogP contribution is -2.43. The van der Waals surface area contributed by atoms with E-state index in [4.69, 9.17) is 4.74 Å². The van der Waals surface area contributed by atoms with Crippen LogP contribution in [0, 0.1) is 0 Å². The maximum Gasteiger partial charge on any atom is 0.411 e. The third kappa shape index (κ3) is 5.27. The van der Waals surface area contributed by atoms with Crippen LogP contribution in [0.25, 0.3) is 0 Å². The number of aliphatic hydroxyl groups is 1. The summed E-state index contributed by atoms with van der Waals surface area (Å²) in [5, 5.41) is 12.9. The number of piperidine rings is 1. The number of pyridine rings is 1. The van der Waals surface area contributed by atoms with E-state index in [1.54, 1.807) is 53.7 Å². The lowest BCUT2D eigenvalue weighted by molar-refractivity contribution is -0.142. The molecule has 0 spiro atoms. The number of hydrogen-bond donors (Lipinski definition) is 2. The van der Waals surface area contributed by atoms with Gasteiger partial charge in [-0.2, -0.15) is 0 Å². The molecule has 142 valence electrons. The smallest absolute Gasteiger partial charge is 0.411 e. The van der Waals surface area contributed by atoms with E-state index < -0.39 is 12.2 Å². The van der Waals surface area contributed by atoms with E-state index in [1.165, 1.54) is 0 Å². The summed E-state index contributed by atoms with van der Waals surface area (Å²) in [5.41, 5.74) is 1.17. The summed E-state index contributed by atoms with van der Waals surface area (Å²) in [7, 11) is 0. The first-order valence-corrected chi connectivity index (χ1v) is 9.42. The molecule has 2 N–H and O–H groups in total. The van der Waals surface area contributed by atoms with E-state index >= 15 is 0 Å². The summed E-state index contributed by atoms with van der Waals surface area (Å²) in [5.74, 6) is -0.336. The van der Waals surface area contributed by atoms with Gasteiger partial charge in [0.2, 0.25) is 0 Å². The van der Waals surface area contributed by atoms with E-state index in [9.17, 15) is 14.7 Å². The molecule has 27 heavy (non-hydrogen) atoms. The van der Waals surface area contributed by atoms with Crippen molar-refractivity contribution in [3.05, 3.63) is 58.8 Å². The predicted octanol–water partition coefficient (Wildman–Crippen LogP) is 3.12. The molecule has 1 saturated heterocycles. The Morgan fingerprint density at radius 2 is 1.78 bits per heavy atom. The Bertz CT molecular complexity index is 777. The zero-order valence-corrected chi connectivity index (χ0v) is 16.1.